The summed E-state index contributed by atoms with van der Waals surface area (Å²) in [5.41, 5.74) is 4.28. The molecule has 2 nitrogen and oxygen atoms in total. The highest BCUT2D eigenvalue weighted by Gasteiger charge is 2.17. The highest BCUT2D eigenvalue weighted by Crippen LogP contribution is 2.34. The largest absolute Gasteiger partial charge is 0.456 e. The van der Waals surface area contributed by atoms with Gasteiger partial charge in [0.2, 0.25) is 0 Å². The third-order valence-corrected chi connectivity index (χ3v) is 3.80. The van der Waals surface area contributed by atoms with Crippen molar-refractivity contribution < 1.29 is 4.42 Å². The highest BCUT2D eigenvalue weighted by atomic mass is 16.3. The minimum atomic E-state index is 0.171. The first-order chi connectivity index (χ1) is 9.83. The van der Waals surface area contributed by atoms with E-state index in [2.05, 4.69) is 60.8 Å². The van der Waals surface area contributed by atoms with Gasteiger partial charge in [-0.2, -0.15) is 0 Å². The molecule has 20 heavy (non-hydrogen) atoms. The van der Waals surface area contributed by atoms with Gasteiger partial charge in [-0.3, -0.25) is 0 Å². The lowest BCUT2D eigenvalue weighted by Gasteiger charge is -2.20. The van der Waals surface area contributed by atoms with Crippen LogP contribution >= 0.6 is 0 Å². The summed E-state index contributed by atoms with van der Waals surface area (Å²) in [4.78, 5) is 0. The summed E-state index contributed by atoms with van der Waals surface area (Å²) in [6.45, 7) is 2.08. The molecule has 1 aliphatic heterocycles. The van der Waals surface area contributed by atoms with Gasteiger partial charge in [-0.25, -0.2) is 0 Å². The third kappa shape index (κ3) is 1.65. The molecule has 0 bridgehead atoms. The van der Waals surface area contributed by atoms with Crippen LogP contribution in [0.4, 0.5) is 0 Å². The van der Waals surface area contributed by atoms with E-state index in [1.807, 2.05) is 12.1 Å². The first-order valence-corrected chi connectivity index (χ1v) is 6.85. The molecule has 98 valence electrons. The van der Waals surface area contributed by atoms with Crippen LogP contribution in [0.3, 0.4) is 0 Å². The zero-order valence-corrected chi connectivity index (χ0v) is 11.3. The summed E-state index contributed by atoms with van der Waals surface area (Å²) in [5.74, 6) is 0. The average Bonchev–Trinajstić information content (AvgIpc) is 2.86. The molecule has 0 radical (unpaired) electrons. The maximum atomic E-state index is 6.08. The van der Waals surface area contributed by atoms with Crippen LogP contribution in [-0.4, -0.2) is 0 Å². The van der Waals surface area contributed by atoms with Crippen LogP contribution in [0.15, 0.2) is 70.8 Å². The number of benzene rings is 2. The fraction of sp³-hybridized carbons (Fsp3) is 0.111. The molecule has 4 rings (SSSR count). The number of fused-ring (bicyclic) bond motifs is 3. The summed E-state index contributed by atoms with van der Waals surface area (Å²) < 4.78 is 6.08. The molecule has 0 spiro atoms. The van der Waals surface area contributed by atoms with Crippen molar-refractivity contribution in [3.8, 4) is 0 Å². The highest BCUT2D eigenvalue weighted by molar-refractivity contribution is 6.05. The molecule has 0 aliphatic carbocycles. The van der Waals surface area contributed by atoms with Gasteiger partial charge in [-0.15, -0.1) is 0 Å². The molecule has 1 unspecified atom stereocenters. The van der Waals surface area contributed by atoms with Crippen molar-refractivity contribution in [2.24, 2.45) is 0 Å². The fourth-order valence-corrected chi connectivity index (χ4v) is 2.85. The smallest absolute Gasteiger partial charge is 0.141 e. The van der Waals surface area contributed by atoms with Gasteiger partial charge >= 0.3 is 0 Å². The summed E-state index contributed by atoms with van der Waals surface area (Å²) >= 11 is 0. The third-order valence-electron chi connectivity index (χ3n) is 3.80. The molecular formula is C18H15NO. The molecule has 1 atom stereocenters. The molecule has 2 heteroatoms. The lowest BCUT2D eigenvalue weighted by atomic mass is 10.0. The molecule has 0 fully saturated rings. The van der Waals surface area contributed by atoms with Crippen molar-refractivity contribution in [2.45, 2.75) is 13.0 Å². The van der Waals surface area contributed by atoms with Crippen LogP contribution < -0.4 is 5.32 Å². The van der Waals surface area contributed by atoms with Crippen LogP contribution in [0.5, 0.6) is 0 Å². The Labute approximate surface area is 117 Å². The Morgan fingerprint density at radius 1 is 1.00 bits per heavy atom. The van der Waals surface area contributed by atoms with Crippen molar-refractivity contribution >= 4 is 21.9 Å². The van der Waals surface area contributed by atoms with Crippen LogP contribution in [0.25, 0.3) is 21.9 Å². The van der Waals surface area contributed by atoms with Gasteiger partial charge in [0.25, 0.3) is 0 Å². The zero-order chi connectivity index (χ0) is 13.5. The maximum absolute atomic E-state index is 6.08. The standard InChI is InChI=1S/C18H15NO/c1-12-6-4-10-16(19-12)15-9-5-8-14-13-7-2-3-11-17(13)20-18(14)15/h2-11,16,19H,1H3. The predicted molar refractivity (Wildman–Crippen MR) is 82.5 cm³/mol. The van der Waals surface area contributed by atoms with Crippen molar-refractivity contribution in [3.63, 3.8) is 0 Å². The number of rotatable bonds is 1. The van der Waals surface area contributed by atoms with Crippen LogP contribution in [-0.2, 0) is 0 Å². The number of hydrogen-bond donors (Lipinski definition) is 1. The quantitative estimate of drug-likeness (QED) is 0.687. The number of nitrogens with one attached hydrogen (secondary N) is 1. The Morgan fingerprint density at radius 3 is 2.75 bits per heavy atom. The Bertz CT molecular complexity index is 854. The van der Waals surface area contributed by atoms with Crippen LogP contribution in [0, 0.1) is 0 Å². The van der Waals surface area contributed by atoms with Gasteiger partial charge in [0.05, 0.1) is 6.04 Å². The van der Waals surface area contributed by atoms with Gasteiger partial charge < -0.3 is 9.73 Å². The van der Waals surface area contributed by atoms with Gasteiger partial charge in [0, 0.05) is 22.0 Å². The Morgan fingerprint density at radius 2 is 1.85 bits per heavy atom. The summed E-state index contributed by atoms with van der Waals surface area (Å²) in [6.07, 6.45) is 6.34. The molecular weight excluding hydrogens is 246 g/mol. The van der Waals surface area contributed by atoms with E-state index in [9.17, 15) is 0 Å². The molecule has 1 aliphatic rings. The van der Waals surface area contributed by atoms with E-state index in [-0.39, 0.29) is 6.04 Å². The second-order valence-corrected chi connectivity index (χ2v) is 5.18. The van der Waals surface area contributed by atoms with Gasteiger partial charge in [-0.05, 0) is 19.1 Å². The number of allylic oxidation sites excluding steroid dienone is 3. The van der Waals surface area contributed by atoms with E-state index in [0.717, 1.165) is 11.2 Å². The van der Waals surface area contributed by atoms with Crippen molar-refractivity contribution in [1.82, 2.24) is 5.32 Å². The molecule has 0 amide bonds. The first kappa shape index (κ1) is 11.4. The van der Waals surface area contributed by atoms with E-state index < -0.39 is 0 Å². The van der Waals surface area contributed by atoms with Crippen LogP contribution in [0.2, 0.25) is 0 Å². The van der Waals surface area contributed by atoms with Crippen molar-refractivity contribution in [1.29, 1.82) is 0 Å². The van der Waals surface area contributed by atoms with Crippen molar-refractivity contribution in [3.05, 3.63) is 72.0 Å². The van der Waals surface area contributed by atoms with Crippen molar-refractivity contribution in [2.75, 3.05) is 0 Å². The first-order valence-electron chi connectivity index (χ1n) is 6.85. The topological polar surface area (TPSA) is 25.2 Å². The molecule has 2 aromatic carbocycles. The minimum Gasteiger partial charge on any atom is -0.456 e. The van der Waals surface area contributed by atoms with Gasteiger partial charge in [0.1, 0.15) is 11.2 Å². The summed E-state index contributed by atoms with van der Waals surface area (Å²) in [6, 6.07) is 14.7. The SMILES string of the molecule is CC1=CC=CC(c2cccc3c2oc2ccccc23)N1. The number of furan rings is 1. The van der Waals surface area contributed by atoms with Gasteiger partial charge in [0.15, 0.2) is 0 Å². The molecule has 1 N–H and O–H groups in total. The number of hydrogen-bond acceptors (Lipinski definition) is 2. The summed E-state index contributed by atoms with van der Waals surface area (Å²) in [7, 11) is 0. The molecule has 3 aromatic rings. The zero-order valence-electron chi connectivity index (χ0n) is 11.3. The predicted octanol–water partition coefficient (Wildman–Crippen LogP) is 4.69. The van der Waals surface area contributed by atoms with E-state index in [1.54, 1.807) is 0 Å². The van der Waals surface area contributed by atoms with Gasteiger partial charge in [-0.1, -0.05) is 48.6 Å². The van der Waals surface area contributed by atoms with E-state index in [0.29, 0.717) is 0 Å². The molecule has 0 saturated carbocycles. The Kier molecular flexibility index (Phi) is 2.43. The normalized spacial score (nSPS) is 18.2. The Balaban J connectivity index is 1.96. The lowest BCUT2D eigenvalue weighted by Crippen LogP contribution is -2.19. The van der Waals surface area contributed by atoms with E-state index in [4.69, 9.17) is 4.42 Å². The summed E-state index contributed by atoms with van der Waals surface area (Å²) in [5, 5.41) is 5.84. The Hall–Kier alpha value is -2.48. The fourth-order valence-electron chi connectivity index (χ4n) is 2.85. The average molecular weight is 261 g/mol. The lowest BCUT2D eigenvalue weighted by molar-refractivity contribution is 0.641. The van der Waals surface area contributed by atoms with Crippen LogP contribution in [0.1, 0.15) is 18.5 Å². The number of para-hydroxylation sites is 2. The second-order valence-electron chi connectivity index (χ2n) is 5.18. The molecule has 1 aromatic heterocycles. The van der Waals surface area contributed by atoms with E-state index in [1.165, 1.54) is 22.0 Å². The minimum absolute atomic E-state index is 0.171. The second kappa shape index (κ2) is 4.27. The monoisotopic (exact) mass is 261 g/mol. The maximum Gasteiger partial charge on any atom is 0.141 e. The molecule has 2 heterocycles. The number of dihydropyridines is 1. The molecule has 0 saturated heterocycles. The van der Waals surface area contributed by atoms with E-state index >= 15 is 0 Å².